The molecule has 0 aromatic heterocycles. The molecule has 1 heterocycles. The summed E-state index contributed by atoms with van der Waals surface area (Å²) in [5, 5.41) is 9.22. The standard InChI is InChI=1S/C8H16FNO/c1-6(2)10-4-7(9)3-8(11)5-10/h6-8,11H,3-5H2,1-2H3/t7-,8-/m1/s1. The zero-order chi connectivity index (χ0) is 8.43. The van der Waals surface area contributed by atoms with Crippen molar-refractivity contribution >= 4 is 0 Å². The van der Waals surface area contributed by atoms with Gasteiger partial charge in [-0.1, -0.05) is 0 Å². The molecule has 11 heavy (non-hydrogen) atoms. The Morgan fingerprint density at radius 1 is 1.45 bits per heavy atom. The fraction of sp³-hybridized carbons (Fsp3) is 1.00. The van der Waals surface area contributed by atoms with E-state index in [9.17, 15) is 9.50 Å². The number of halogens is 1. The summed E-state index contributed by atoms with van der Waals surface area (Å²) >= 11 is 0. The summed E-state index contributed by atoms with van der Waals surface area (Å²) in [7, 11) is 0. The van der Waals surface area contributed by atoms with Crippen LogP contribution in [0.3, 0.4) is 0 Å². The van der Waals surface area contributed by atoms with Crippen LogP contribution in [0.2, 0.25) is 0 Å². The van der Waals surface area contributed by atoms with Gasteiger partial charge in [0.05, 0.1) is 6.10 Å². The molecule has 1 saturated heterocycles. The van der Waals surface area contributed by atoms with Gasteiger partial charge in [-0.2, -0.15) is 0 Å². The number of hydrogen-bond acceptors (Lipinski definition) is 2. The molecule has 0 unspecified atom stereocenters. The van der Waals surface area contributed by atoms with Crippen LogP contribution in [-0.4, -0.2) is 41.4 Å². The van der Waals surface area contributed by atoms with Gasteiger partial charge < -0.3 is 5.11 Å². The number of nitrogens with zero attached hydrogens (tertiary/aromatic N) is 1. The molecular weight excluding hydrogens is 145 g/mol. The Bertz CT molecular complexity index is 119. The van der Waals surface area contributed by atoms with Crippen molar-refractivity contribution < 1.29 is 9.50 Å². The van der Waals surface area contributed by atoms with E-state index in [4.69, 9.17) is 0 Å². The summed E-state index contributed by atoms with van der Waals surface area (Å²) in [6.07, 6.45) is -1.01. The second-order valence-corrected chi connectivity index (χ2v) is 3.53. The molecule has 0 spiro atoms. The van der Waals surface area contributed by atoms with Crippen molar-refractivity contribution in [1.82, 2.24) is 4.90 Å². The van der Waals surface area contributed by atoms with Crippen molar-refractivity contribution in [2.45, 2.75) is 38.6 Å². The van der Waals surface area contributed by atoms with Crippen LogP contribution in [0.1, 0.15) is 20.3 Å². The van der Waals surface area contributed by atoms with Crippen molar-refractivity contribution in [3.05, 3.63) is 0 Å². The largest absolute Gasteiger partial charge is 0.392 e. The van der Waals surface area contributed by atoms with Crippen LogP contribution in [0, 0.1) is 0 Å². The molecule has 0 radical (unpaired) electrons. The summed E-state index contributed by atoms with van der Waals surface area (Å²) < 4.78 is 12.8. The second-order valence-electron chi connectivity index (χ2n) is 3.53. The minimum absolute atomic E-state index is 0.309. The van der Waals surface area contributed by atoms with Crippen LogP contribution in [0.5, 0.6) is 0 Å². The van der Waals surface area contributed by atoms with Crippen LogP contribution in [-0.2, 0) is 0 Å². The maximum Gasteiger partial charge on any atom is 0.115 e. The van der Waals surface area contributed by atoms with Gasteiger partial charge in [-0.25, -0.2) is 4.39 Å². The van der Waals surface area contributed by atoms with Crippen LogP contribution >= 0.6 is 0 Å². The van der Waals surface area contributed by atoms with Gasteiger partial charge >= 0.3 is 0 Å². The highest BCUT2D eigenvalue weighted by Crippen LogP contribution is 2.15. The minimum Gasteiger partial charge on any atom is -0.392 e. The number of aliphatic hydroxyl groups is 1. The fourth-order valence-corrected chi connectivity index (χ4v) is 1.47. The molecule has 0 bridgehead atoms. The summed E-state index contributed by atoms with van der Waals surface area (Å²) in [4.78, 5) is 1.97. The monoisotopic (exact) mass is 161 g/mol. The highest BCUT2D eigenvalue weighted by Gasteiger charge is 2.26. The highest BCUT2D eigenvalue weighted by atomic mass is 19.1. The molecule has 1 rings (SSSR count). The number of alkyl halides is 1. The minimum atomic E-state index is -0.846. The number of β-amino-alcohol motifs (C(OH)–C–C–N with tert-alkyl or cyclic N) is 1. The predicted molar refractivity (Wildman–Crippen MR) is 42.2 cm³/mol. The van der Waals surface area contributed by atoms with E-state index in [0.717, 1.165) is 0 Å². The molecule has 0 amide bonds. The molecule has 1 fully saturated rings. The topological polar surface area (TPSA) is 23.5 Å². The van der Waals surface area contributed by atoms with Gasteiger partial charge in [0.2, 0.25) is 0 Å². The zero-order valence-corrected chi connectivity index (χ0v) is 7.13. The third-order valence-corrected chi connectivity index (χ3v) is 2.14. The molecule has 2 nitrogen and oxygen atoms in total. The van der Waals surface area contributed by atoms with Gasteiger partial charge in [0, 0.05) is 25.6 Å². The first-order chi connectivity index (χ1) is 5.09. The summed E-state index contributed by atoms with van der Waals surface area (Å²) in [5.41, 5.74) is 0. The van der Waals surface area contributed by atoms with E-state index in [0.29, 0.717) is 25.6 Å². The third-order valence-electron chi connectivity index (χ3n) is 2.14. The Balaban J connectivity index is 2.43. The fourth-order valence-electron chi connectivity index (χ4n) is 1.47. The normalized spacial score (nSPS) is 34.6. The van der Waals surface area contributed by atoms with Crippen LogP contribution in [0.4, 0.5) is 4.39 Å². The Morgan fingerprint density at radius 2 is 2.09 bits per heavy atom. The molecule has 0 aromatic rings. The smallest absolute Gasteiger partial charge is 0.115 e. The first-order valence-electron chi connectivity index (χ1n) is 4.15. The molecule has 1 N–H and O–H groups in total. The maximum absolute atomic E-state index is 12.8. The van der Waals surface area contributed by atoms with E-state index in [2.05, 4.69) is 0 Å². The molecule has 0 saturated carbocycles. The molecule has 0 aromatic carbocycles. The van der Waals surface area contributed by atoms with Gasteiger partial charge in [0.1, 0.15) is 6.17 Å². The van der Waals surface area contributed by atoms with Gasteiger partial charge in [-0.3, -0.25) is 4.90 Å². The molecule has 3 heteroatoms. The Hall–Kier alpha value is -0.150. The average molecular weight is 161 g/mol. The van der Waals surface area contributed by atoms with E-state index in [1.165, 1.54) is 0 Å². The lowest BCUT2D eigenvalue weighted by atomic mass is 10.1. The highest BCUT2D eigenvalue weighted by molar-refractivity contribution is 4.79. The first kappa shape index (κ1) is 8.94. The molecule has 1 aliphatic rings. The Morgan fingerprint density at radius 3 is 2.55 bits per heavy atom. The zero-order valence-electron chi connectivity index (χ0n) is 7.13. The van der Waals surface area contributed by atoms with Gasteiger partial charge in [-0.15, -0.1) is 0 Å². The van der Waals surface area contributed by atoms with Crippen molar-refractivity contribution in [2.75, 3.05) is 13.1 Å². The average Bonchev–Trinajstić information content (AvgIpc) is 1.85. The van der Waals surface area contributed by atoms with Crippen molar-refractivity contribution in [1.29, 1.82) is 0 Å². The summed E-state index contributed by atoms with van der Waals surface area (Å²) in [5.74, 6) is 0. The maximum atomic E-state index is 12.8. The third kappa shape index (κ3) is 2.42. The van der Waals surface area contributed by atoms with Crippen LogP contribution in [0.15, 0.2) is 0 Å². The number of hydrogen-bond donors (Lipinski definition) is 1. The predicted octanol–water partition coefficient (Wildman–Crippen LogP) is 0.800. The van der Waals surface area contributed by atoms with Crippen molar-refractivity contribution in [3.8, 4) is 0 Å². The number of aliphatic hydroxyl groups excluding tert-OH is 1. The number of piperidine rings is 1. The molecule has 1 aliphatic heterocycles. The van der Waals surface area contributed by atoms with E-state index in [-0.39, 0.29) is 0 Å². The van der Waals surface area contributed by atoms with E-state index < -0.39 is 12.3 Å². The van der Waals surface area contributed by atoms with Crippen molar-refractivity contribution in [2.24, 2.45) is 0 Å². The lowest BCUT2D eigenvalue weighted by molar-refractivity contribution is 0.0125. The van der Waals surface area contributed by atoms with Gasteiger partial charge in [-0.05, 0) is 13.8 Å². The summed E-state index contributed by atoms with van der Waals surface area (Å²) in [6, 6.07) is 0.336. The van der Waals surface area contributed by atoms with E-state index in [1.807, 2.05) is 18.7 Å². The van der Waals surface area contributed by atoms with E-state index in [1.54, 1.807) is 0 Å². The second kappa shape index (κ2) is 3.50. The van der Waals surface area contributed by atoms with Gasteiger partial charge in [0.25, 0.3) is 0 Å². The molecule has 66 valence electrons. The Labute approximate surface area is 67.0 Å². The van der Waals surface area contributed by atoms with Crippen LogP contribution in [0.25, 0.3) is 0 Å². The van der Waals surface area contributed by atoms with Crippen molar-refractivity contribution in [3.63, 3.8) is 0 Å². The Kier molecular flexibility index (Phi) is 2.84. The number of rotatable bonds is 1. The first-order valence-corrected chi connectivity index (χ1v) is 4.15. The SMILES string of the molecule is CC(C)N1C[C@H](O)C[C@@H](F)C1. The summed E-state index contributed by atoms with van der Waals surface area (Å²) in [6.45, 7) is 5.14. The molecular formula is C8H16FNO. The lowest BCUT2D eigenvalue weighted by Gasteiger charge is -2.34. The van der Waals surface area contributed by atoms with E-state index >= 15 is 0 Å². The molecule has 0 aliphatic carbocycles. The molecule has 2 atom stereocenters. The van der Waals surface area contributed by atoms with Crippen LogP contribution < -0.4 is 0 Å². The lowest BCUT2D eigenvalue weighted by Crippen LogP contribution is -2.47. The quantitative estimate of drug-likeness (QED) is 0.615. The number of likely N-dealkylation sites (tertiary alicyclic amines) is 1. The van der Waals surface area contributed by atoms with Gasteiger partial charge in [0.15, 0.2) is 0 Å².